The molecule has 3 rings (SSSR count). The summed E-state index contributed by atoms with van der Waals surface area (Å²) in [5.74, 6) is 3.11. The summed E-state index contributed by atoms with van der Waals surface area (Å²) in [6.07, 6.45) is 0. The van der Waals surface area contributed by atoms with Crippen LogP contribution in [0.25, 0.3) is 0 Å². The highest BCUT2D eigenvalue weighted by Crippen LogP contribution is 2.29. The third kappa shape index (κ3) is 3.97. The zero-order valence-electron chi connectivity index (χ0n) is 11.6. The van der Waals surface area contributed by atoms with Crippen molar-refractivity contribution in [2.45, 2.75) is 4.90 Å². The average molecular weight is 329 g/mol. The molecule has 0 fully saturated rings. The lowest BCUT2D eigenvalue weighted by molar-refractivity contribution is 0.469. The number of halogens is 1. The molecule has 22 heavy (non-hydrogen) atoms. The average Bonchev–Trinajstić information content (AvgIpc) is 2.58. The highest BCUT2D eigenvalue weighted by Gasteiger charge is 2.00. The largest absolute Gasteiger partial charge is 0.457 e. The molecule has 0 aromatic heterocycles. The van der Waals surface area contributed by atoms with Crippen LogP contribution in [0.4, 0.5) is 0 Å². The summed E-state index contributed by atoms with van der Waals surface area (Å²) in [4.78, 5) is 0.987. The summed E-state index contributed by atoms with van der Waals surface area (Å²) < 4.78 is 11.5. The van der Waals surface area contributed by atoms with Crippen LogP contribution in [0.3, 0.4) is 0 Å². The third-order valence-electron chi connectivity index (χ3n) is 2.95. The molecule has 0 heterocycles. The molecule has 0 aliphatic rings. The molecule has 4 heteroatoms. The van der Waals surface area contributed by atoms with Gasteiger partial charge in [-0.15, -0.1) is 0 Å². The molecule has 0 N–H and O–H groups in total. The van der Waals surface area contributed by atoms with Crippen molar-refractivity contribution in [3.8, 4) is 23.0 Å². The normalized spacial score (nSPS) is 10.2. The molecule has 0 aliphatic carbocycles. The van der Waals surface area contributed by atoms with E-state index in [-0.39, 0.29) is 0 Å². The minimum Gasteiger partial charge on any atom is -0.457 e. The molecule has 3 aromatic rings. The molecule has 2 nitrogen and oxygen atoms in total. The number of benzene rings is 3. The molecule has 0 atom stereocenters. The Kier molecular flexibility index (Phi) is 4.88. The van der Waals surface area contributed by atoms with Gasteiger partial charge in [0, 0.05) is 4.90 Å². The van der Waals surface area contributed by atoms with Crippen LogP contribution in [0.2, 0.25) is 0 Å². The predicted molar refractivity (Wildman–Crippen MR) is 91.2 cm³/mol. The van der Waals surface area contributed by atoms with Crippen molar-refractivity contribution >= 4 is 21.7 Å². The first kappa shape index (κ1) is 14.8. The Hall–Kier alpha value is -2.10. The molecular weight excluding hydrogens is 316 g/mol. The first-order valence-corrected chi connectivity index (χ1v) is 8.37. The topological polar surface area (TPSA) is 18.5 Å². The number of rotatable bonds is 5. The summed E-state index contributed by atoms with van der Waals surface area (Å²) in [5, 5.41) is 0. The Balaban J connectivity index is 1.66. The molecule has 0 bridgehead atoms. The Labute approximate surface area is 138 Å². The van der Waals surface area contributed by atoms with E-state index in [0.29, 0.717) is 0 Å². The van der Waals surface area contributed by atoms with Gasteiger partial charge in [-0.05, 0) is 82.3 Å². The Morgan fingerprint density at radius 3 is 1.41 bits per heavy atom. The number of para-hydroxylation sites is 1. The van der Waals surface area contributed by atoms with E-state index in [1.54, 1.807) is 0 Å². The summed E-state index contributed by atoms with van der Waals surface area (Å²) in [6, 6.07) is 24.8. The summed E-state index contributed by atoms with van der Waals surface area (Å²) in [6.45, 7) is 0. The second-order valence-electron chi connectivity index (χ2n) is 4.54. The lowest BCUT2D eigenvalue weighted by Crippen LogP contribution is -1.86. The van der Waals surface area contributed by atoms with Gasteiger partial charge in [-0.2, -0.15) is 0 Å². The highest BCUT2D eigenvalue weighted by molar-refractivity contribution is 8.21. The summed E-state index contributed by atoms with van der Waals surface area (Å²) >= 11 is 0. The van der Waals surface area contributed by atoms with Crippen LogP contribution >= 0.6 is 21.7 Å². The van der Waals surface area contributed by atoms with Crippen molar-refractivity contribution in [1.29, 1.82) is 0 Å². The first-order chi connectivity index (χ1) is 10.8. The van der Waals surface area contributed by atoms with Crippen LogP contribution in [0.1, 0.15) is 0 Å². The molecule has 3 aromatic carbocycles. The minimum atomic E-state index is 0.756. The molecule has 0 saturated heterocycles. The molecule has 0 radical (unpaired) electrons. The van der Waals surface area contributed by atoms with Crippen LogP contribution in [-0.4, -0.2) is 0 Å². The van der Waals surface area contributed by atoms with Crippen LogP contribution < -0.4 is 9.47 Å². The Morgan fingerprint density at radius 2 is 0.955 bits per heavy atom. The third-order valence-corrected chi connectivity index (χ3v) is 3.94. The van der Waals surface area contributed by atoms with E-state index in [1.165, 1.54) is 11.0 Å². The maximum Gasteiger partial charge on any atom is 0.127 e. The van der Waals surface area contributed by atoms with E-state index < -0.39 is 0 Å². The van der Waals surface area contributed by atoms with E-state index in [4.69, 9.17) is 20.2 Å². The van der Waals surface area contributed by atoms with Gasteiger partial charge in [0.25, 0.3) is 0 Å². The van der Waals surface area contributed by atoms with E-state index in [1.807, 2.05) is 78.9 Å². The summed E-state index contributed by atoms with van der Waals surface area (Å²) in [7, 11) is 6.87. The predicted octanol–water partition coefficient (Wildman–Crippen LogP) is 6.52. The van der Waals surface area contributed by atoms with Crippen molar-refractivity contribution in [1.82, 2.24) is 0 Å². The number of hydrogen-bond donors (Lipinski definition) is 0. The molecule has 0 aliphatic heterocycles. The number of hydrogen-bond acceptors (Lipinski definition) is 3. The Morgan fingerprint density at radius 1 is 0.545 bits per heavy atom. The van der Waals surface area contributed by atoms with E-state index in [2.05, 4.69) is 0 Å². The highest BCUT2D eigenvalue weighted by atomic mass is 35.7. The fraction of sp³-hybridized carbons (Fsp3) is 0. The fourth-order valence-electron chi connectivity index (χ4n) is 1.90. The molecule has 0 unspecified atom stereocenters. The van der Waals surface area contributed by atoms with Gasteiger partial charge in [0.1, 0.15) is 23.0 Å². The lowest BCUT2D eigenvalue weighted by Gasteiger charge is -2.08. The van der Waals surface area contributed by atoms with Crippen molar-refractivity contribution in [2.75, 3.05) is 0 Å². The molecule has 0 saturated carbocycles. The quantitative estimate of drug-likeness (QED) is 0.531. The van der Waals surface area contributed by atoms with Crippen LogP contribution in [0.15, 0.2) is 83.8 Å². The van der Waals surface area contributed by atoms with Gasteiger partial charge in [0.15, 0.2) is 0 Å². The fourth-order valence-corrected chi connectivity index (χ4v) is 2.44. The summed E-state index contributed by atoms with van der Waals surface area (Å²) in [5.41, 5.74) is 0. The van der Waals surface area contributed by atoms with Crippen LogP contribution in [-0.2, 0) is 0 Å². The SMILES string of the molecule is ClSc1ccc(Oc2ccc(Oc3ccccc3)cc2)cc1. The standard InChI is InChI=1S/C18H13ClO2S/c19-22-18-12-10-17(11-13-18)21-16-8-6-15(7-9-16)20-14-4-2-1-3-5-14/h1-13H. The Bertz CT molecular complexity index is 712. The van der Waals surface area contributed by atoms with Gasteiger partial charge >= 0.3 is 0 Å². The van der Waals surface area contributed by atoms with Gasteiger partial charge in [-0.1, -0.05) is 18.2 Å². The van der Waals surface area contributed by atoms with Gasteiger partial charge in [-0.25, -0.2) is 0 Å². The van der Waals surface area contributed by atoms with E-state index in [9.17, 15) is 0 Å². The second kappa shape index (κ2) is 7.25. The smallest absolute Gasteiger partial charge is 0.127 e. The van der Waals surface area contributed by atoms with Crippen molar-refractivity contribution in [3.05, 3.63) is 78.9 Å². The van der Waals surface area contributed by atoms with E-state index >= 15 is 0 Å². The van der Waals surface area contributed by atoms with Gasteiger partial charge in [-0.3, -0.25) is 0 Å². The van der Waals surface area contributed by atoms with E-state index in [0.717, 1.165) is 27.9 Å². The maximum absolute atomic E-state index is 5.78. The number of ether oxygens (including phenoxy) is 2. The van der Waals surface area contributed by atoms with Gasteiger partial charge in [0.2, 0.25) is 0 Å². The lowest BCUT2D eigenvalue weighted by atomic mass is 10.3. The zero-order chi connectivity index (χ0) is 15.2. The zero-order valence-corrected chi connectivity index (χ0v) is 13.2. The second-order valence-corrected chi connectivity index (χ2v) is 5.63. The molecular formula is C18H13ClO2S. The van der Waals surface area contributed by atoms with Gasteiger partial charge < -0.3 is 9.47 Å². The minimum absolute atomic E-state index is 0.756. The van der Waals surface area contributed by atoms with Crippen LogP contribution in [0.5, 0.6) is 23.0 Å². The monoisotopic (exact) mass is 328 g/mol. The van der Waals surface area contributed by atoms with Crippen molar-refractivity contribution < 1.29 is 9.47 Å². The van der Waals surface area contributed by atoms with Crippen LogP contribution in [0, 0.1) is 0 Å². The maximum atomic E-state index is 5.78. The van der Waals surface area contributed by atoms with Crippen molar-refractivity contribution in [2.24, 2.45) is 0 Å². The molecule has 0 amide bonds. The molecule has 0 spiro atoms. The molecule has 110 valence electrons. The van der Waals surface area contributed by atoms with Crippen molar-refractivity contribution in [3.63, 3.8) is 0 Å². The first-order valence-electron chi connectivity index (χ1n) is 6.73. The van der Waals surface area contributed by atoms with Gasteiger partial charge in [0.05, 0.1) is 0 Å².